The van der Waals surface area contributed by atoms with E-state index in [1.165, 1.54) is 29.6 Å². The molecule has 0 spiro atoms. The molecule has 0 atom stereocenters. The first kappa shape index (κ1) is 13.8. The molecule has 1 aliphatic carbocycles. The summed E-state index contributed by atoms with van der Waals surface area (Å²) in [5, 5.41) is 13.4. The van der Waals surface area contributed by atoms with E-state index in [1.54, 1.807) is 11.3 Å². The second kappa shape index (κ2) is 5.65. The maximum Gasteiger partial charge on any atom is 0.337 e. The molecule has 0 unspecified atom stereocenters. The third-order valence-electron chi connectivity index (χ3n) is 3.56. The Morgan fingerprint density at radius 3 is 2.76 bits per heavy atom. The van der Waals surface area contributed by atoms with Crippen LogP contribution in [0.3, 0.4) is 0 Å². The van der Waals surface area contributed by atoms with E-state index in [9.17, 15) is 9.59 Å². The Hall–Kier alpha value is -2.21. The lowest BCUT2D eigenvalue weighted by molar-refractivity contribution is 0.0696. The number of pyridine rings is 1. The monoisotopic (exact) mass is 302 g/mol. The molecule has 6 heteroatoms. The Kier molecular flexibility index (Phi) is 3.70. The molecule has 0 bridgehead atoms. The van der Waals surface area contributed by atoms with Crippen LogP contribution in [0.4, 0.5) is 5.82 Å². The average Bonchev–Trinajstić information content (AvgIpc) is 2.92. The predicted octanol–water partition coefficient (Wildman–Crippen LogP) is 2.97. The lowest BCUT2D eigenvalue weighted by Crippen LogP contribution is -2.15. The van der Waals surface area contributed by atoms with Crippen molar-refractivity contribution in [2.24, 2.45) is 0 Å². The lowest BCUT2D eigenvalue weighted by Gasteiger charge is -2.12. The SMILES string of the molecule is O=C(O)c1ccc(NC(=O)c2csc3c2CCCC3)nc1. The smallest absolute Gasteiger partial charge is 0.337 e. The molecule has 2 N–H and O–H groups in total. The van der Waals surface area contributed by atoms with Crippen LogP contribution in [0.2, 0.25) is 0 Å². The summed E-state index contributed by atoms with van der Waals surface area (Å²) >= 11 is 1.64. The summed E-state index contributed by atoms with van der Waals surface area (Å²) < 4.78 is 0. The van der Waals surface area contributed by atoms with Crippen molar-refractivity contribution in [2.45, 2.75) is 25.7 Å². The van der Waals surface area contributed by atoms with Gasteiger partial charge in [-0.3, -0.25) is 4.79 Å². The minimum atomic E-state index is -1.03. The summed E-state index contributed by atoms with van der Waals surface area (Å²) in [6.45, 7) is 0. The van der Waals surface area contributed by atoms with Crippen LogP contribution in [0.25, 0.3) is 0 Å². The number of thiophene rings is 1. The molecular formula is C15H14N2O3S. The summed E-state index contributed by atoms with van der Waals surface area (Å²) in [6, 6.07) is 2.92. The zero-order valence-electron chi connectivity index (χ0n) is 11.3. The molecule has 21 heavy (non-hydrogen) atoms. The minimum absolute atomic E-state index is 0.0981. The quantitative estimate of drug-likeness (QED) is 0.913. The van der Waals surface area contributed by atoms with Gasteiger partial charge >= 0.3 is 5.97 Å². The van der Waals surface area contributed by atoms with E-state index >= 15 is 0 Å². The van der Waals surface area contributed by atoms with Crippen molar-refractivity contribution in [3.63, 3.8) is 0 Å². The summed E-state index contributed by atoms with van der Waals surface area (Å²) in [6.07, 6.45) is 5.55. The van der Waals surface area contributed by atoms with Crippen LogP contribution in [-0.2, 0) is 12.8 Å². The summed E-state index contributed by atoms with van der Waals surface area (Å²) in [7, 11) is 0. The van der Waals surface area contributed by atoms with E-state index < -0.39 is 5.97 Å². The van der Waals surface area contributed by atoms with Crippen molar-refractivity contribution in [1.29, 1.82) is 0 Å². The number of nitrogens with zero attached hydrogens (tertiary/aromatic N) is 1. The van der Waals surface area contributed by atoms with Crippen molar-refractivity contribution in [3.05, 3.63) is 45.3 Å². The van der Waals surface area contributed by atoms with Gasteiger partial charge in [0, 0.05) is 16.5 Å². The third-order valence-corrected chi connectivity index (χ3v) is 4.65. The Morgan fingerprint density at radius 1 is 1.24 bits per heavy atom. The van der Waals surface area contributed by atoms with Gasteiger partial charge in [0.25, 0.3) is 5.91 Å². The van der Waals surface area contributed by atoms with Gasteiger partial charge in [-0.2, -0.15) is 0 Å². The molecule has 0 fully saturated rings. The molecule has 2 heterocycles. The Bertz CT molecular complexity index is 691. The van der Waals surface area contributed by atoms with E-state index in [-0.39, 0.29) is 11.5 Å². The number of carboxylic acid groups (broad SMARTS) is 1. The zero-order chi connectivity index (χ0) is 14.8. The predicted molar refractivity (Wildman–Crippen MR) is 80.1 cm³/mol. The summed E-state index contributed by atoms with van der Waals surface area (Å²) in [4.78, 5) is 28.3. The first-order valence-electron chi connectivity index (χ1n) is 6.75. The number of fused-ring (bicyclic) bond motifs is 1. The number of hydrogen-bond donors (Lipinski definition) is 2. The summed E-state index contributed by atoms with van der Waals surface area (Å²) in [5.74, 6) is -0.849. The van der Waals surface area contributed by atoms with Crippen LogP contribution in [0, 0.1) is 0 Å². The van der Waals surface area contributed by atoms with Crippen LogP contribution >= 0.6 is 11.3 Å². The van der Waals surface area contributed by atoms with E-state index in [0.29, 0.717) is 5.82 Å². The number of aryl methyl sites for hydroxylation is 1. The molecule has 108 valence electrons. The van der Waals surface area contributed by atoms with Crippen molar-refractivity contribution >= 4 is 29.0 Å². The number of carbonyl (C=O) groups is 2. The molecule has 2 aromatic heterocycles. The highest BCUT2D eigenvalue weighted by Gasteiger charge is 2.20. The molecule has 0 aliphatic heterocycles. The molecule has 1 amide bonds. The number of rotatable bonds is 3. The fourth-order valence-corrected chi connectivity index (χ4v) is 3.59. The van der Waals surface area contributed by atoms with Gasteiger partial charge < -0.3 is 10.4 Å². The van der Waals surface area contributed by atoms with Crippen LogP contribution in [0.1, 0.15) is 44.0 Å². The van der Waals surface area contributed by atoms with Crippen LogP contribution in [-0.4, -0.2) is 22.0 Å². The molecule has 0 saturated carbocycles. The fourth-order valence-electron chi connectivity index (χ4n) is 2.46. The summed E-state index contributed by atoms with van der Waals surface area (Å²) in [5.41, 5.74) is 1.98. The number of hydrogen-bond acceptors (Lipinski definition) is 4. The molecule has 5 nitrogen and oxygen atoms in total. The van der Waals surface area contributed by atoms with Gasteiger partial charge in [0.05, 0.1) is 11.1 Å². The van der Waals surface area contributed by atoms with Gasteiger partial charge in [0.2, 0.25) is 0 Å². The standard InChI is InChI=1S/C15H14N2O3S/c18-14(11-8-21-12-4-2-1-3-10(11)12)17-13-6-5-9(7-16-13)15(19)20/h5-8H,1-4H2,(H,19,20)(H,16,17,18). The van der Waals surface area contributed by atoms with Gasteiger partial charge in [0.15, 0.2) is 0 Å². The van der Waals surface area contributed by atoms with Crippen molar-refractivity contribution in [2.75, 3.05) is 5.32 Å². The molecule has 0 saturated heterocycles. The number of carbonyl (C=O) groups excluding carboxylic acids is 1. The number of anilines is 1. The van der Waals surface area contributed by atoms with Gasteiger partial charge in [-0.1, -0.05) is 0 Å². The molecule has 0 radical (unpaired) electrons. The molecule has 2 aromatic rings. The topological polar surface area (TPSA) is 79.3 Å². The van der Waals surface area contributed by atoms with E-state index in [2.05, 4.69) is 10.3 Å². The van der Waals surface area contributed by atoms with Gasteiger partial charge in [-0.25, -0.2) is 9.78 Å². The third kappa shape index (κ3) is 2.80. The minimum Gasteiger partial charge on any atom is -0.478 e. The largest absolute Gasteiger partial charge is 0.478 e. The Balaban J connectivity index is 1.77. The normalized spacial score (nSPS) is 13.5. The zero-order valence-corrected chi connectivity index (χ0v) is 12.1. The first-order valence-corrected chi connectivity index (χ1v) is 7.63. The van der Waals surface area contributed by atoms with Crippen LogP contribution in [0.5, 0.6) is 0 Å². The number of nitrogens with one attached hydrogen (secondary N) is 1. The van der Waals surface area contributed by atoms with E-state index in [4.69, 9.17) is 5.11 Å². The van der Waals surface area contributed by atoms with Crippen molar-refractivity contribution in [3.8, 4) is 0 Å². The van der Waals surface area contributed by atoms with Gasteiger partial charge in [0.1, 0.15) is 5.82 Å². The molecule has 3 rings (SSSR count). The van der Waals surface area contributed by atoms with Crippen LogP contribution < -0.4 is 5.32 Å². The second-order valence-corrected chi connectivity index (χ2v) is 5.91. The number of carboxylic acids is 1. The number of aromatic nitrogens is 1. The lowest BCUT2D eigenvalue weighted by atomic mass is 9.96. The van der Waals surface area contributed by atoms with E-state index in [1.807, 2.05) is 5.38 Å². The van der Waals surface area contributed by atoms with Crippen LogP contribution in [0.15, 0.2) is 23.7 Å². The van der Waals surface area contributed by atoms with Gasteiger partial charge in [-0.05, 0) is 43.4 Å². The first-order chi connectivity index (χ1) is 10.1. The van der Waals surface area contributed by atoms with Crippen molar-refractivity contribution in [1.82, 2.24) is 4.98 Å². The highest BCUT2D eigenvalue weighted by molar-refractivity contribution is 7.10. The van der Waals surface area contributed by atoms with E-state index in [0.717, 1.165) is 30.4 Å². The number of amides is 1. The molecule has 0 aromatic carbocycles. The van der Waals surface area contributed by atoms with Gasteiger partial charge in [-0.15, -0.1) is 11.3 Å². The molecular weight excluding hydrogens is 288 g/mol. The van der Waals surface area contributed by atoms with Crippen molar-refractivity contribution < 1.29 is 14.7 Å². The Morgan fingerprint density at radius 2 is 2.05 bits per heavy atom. The fraction of sp³-hybridized carbons (Fsp3) is 0.267. The highest BCUT2D eigenvalue weighted by atomic mass is 32.1. The molecule has 1 aliphatic rings. The second-order valence-electron chi connectivity index (χ2n) is 4.95. The highest BCUT2D eigenvalue weighted by Crippen LogP contribution is 2.30. The number of aromatic carboxylic acids is 1. The Labute approximate surface area is 125 Å². The maximum absolute atomic E-state index is 12.3. The maximum atomic E-state index is 12.3. The average molecular weight is 302 g/mol.